The molecule has 2 aromatic carbocycles. The van der Waals surface area contributed by atoms with Crippen LogP contribution in [0.4, 0.5) is 0 Å². The number of aryl methyl sites for hydroxylation is 2. The predicted octanol–water partition coefficient (Wildman–Crippen LogP) is 5.34. The van der Waals surface area contributed by atoms with Crippen molar-refractivity contribution in [1.29, 1.82) is 0 Å². The van der Waals surface area contributed by atoms with Gasteiger partial charge in [-0.05, 0) is 38.8 Å². The molecule has 158 valence electrons. The van der Waals surface area contributed by atoms with E-state index in [1.165, 1.54) is 11.1 Å². The molecule has 0 aliphatic rings. The molecule has 0 atom stereocenters. The van der Waals surface area contributed by atoms with Crippen molar-refractivity contribution >= 4 is 17.7 Å². The SMILES string of the molecule is CCCCNC(=O)CCCSc1nnc(-c2ccc(C)cc2)n1-c1ccc(C)cc1. The zero-order valence-corrected chi connectivity index (χ0v) is 18.8. The Bertz CT molecular complexity index is 948. The third kappa shape index (κ3) is 5.95. The highest BCUT2D eigenvalue weighted by atomic mass is 32.2. The lowest BCUT2D eigenvalue weighted by molar-refractivity contribution is -0.121. The molecule has 1 heterocycles. The van der Waals surface area contributed by atoms with E-state index in [0.717, 1.165) is 53.8 Å². The minimum absolute atomic E-state index is 0.129. The summed E-state index contributed by atoms with van der Waals surface area (Å²) in [6.07, 6.45) is 3.47. The number of unbranched alkanes of at least 4 members (excludes halogenated alkanes) is 1. The van der Waals surface area contributed by atoms with Crippen molar-refractivity contribution < 1.29 is 4.79 Å². The van der Waals surface area contributed by atoms with Gasteiger partial charge in [0.25, 0.3) is 0 Å². The van der Waals surface area contributed by atoms with Crippen LogP contribution in [-0.4, -0.2) is 33.0 Å². The summed E-state index contributed by atoms with van der Waals surface area (Å²) >= 11 is 1.64. The maximum atomic E-state index is 11.9. The molecule has 6 heteroatoms. The minimum atomic E-state index is 0.129. The van der Waals surface area contributed by atoms with Crippen molar-refractivity contribution in [2.75, 3.05) is 12.3 Å². The molecule has 0 saturated carbocycles. The average molecular weight is 423 g/mol. The van der Waals surface area contributed by atoms with Gasteiger partial charge in [0.05, 0.1) is 0 Å². The van der Waals surface area contributed by atoms with E-state index in [4.69, 9.17) is 0 Å². The Balaban J connectivity index is 1.73. The molecule has 1 N–H and O–H groups in total. The summed E-state index contributed by atoms with van der Waals surface area (Å²) in [5, 5.41) is 12.8. The van der Waals surface area contributed by atoms with Crippen LogP contribution in [-0.2, 0) is 4.79 Å². The van der Waals surface area contributed by atoms with E-state index in [-0.39, 0.29) is 5.91 Å². The summed E-state index contributed by atoms with van der Waals surface area (Å²) in [7, 11) is 0. The lowest BCUT2D eigenvalue weighted by Gasteiger charge is -2.11. The van der Waals surface area contributed by atoms with E-state index in [1.807, 2.05) is 0 Å². The van der Waals surface area contributed by atoms with Gasteiger partial charge >= 0.3 is 0 Å². The predicted molar refractivity (Wildman–Crippen MR) is 124 cm³/mol. The first-order valence-electron chi connectivity index (χ1n) is 10.6. The maximum Gasteiger partial charge on any atom is 0.220 e. The topological polar surface area (TPSA) is 59.8 Å². The van der Waals surface area contributed by atoms with Gasteiger partial charge < -0.3 is 5.32 Å². The lowest BCUT2D eigenvalue weighted by Crippen LogP contribution is -2.24. The zero-order valence-electron chi connectivity index (χ0n) is 18.0. The molecule has 5 nitrogen and oxygen atoms in total. The number of aromatic nitrogens is 3. The van der Waals surface area contributed by atoms with Gasteiger partial charge in [-0.2, -0.15) is 0 Å². The first-order chi connectivity index (χ1) is 14.6. The van der Waals surface area contributed by atoms with Crippen molar-refractivity contribution in [3.8, 4) is 17.1 Å². The smallest absolute Gasteiger partial charge is 0.220 e. The standard InChI is InChI=1S/C24H30N4OS/c1-4-5-16-25-22(29)7-6-17-30-24-27-26-23(20-12-8-18(2)9-13-20)28(24)21-14-10-19(3)11-15-21/h8-15H,4-7,16-17H2,1-3H3,(H,25,29). The van der Waals surface area contributed by atoms with Crippen LogP contribution >= 0.6 is 11.8 Å². The van der Waals surface area contributed by atoms with E-state index in [2.05, 4.69) is 89.4 Å². The first-order valence-corrected chi connectivity index (χ1v) is 11.6. The van der Waals surface area contributed by atoms with Crippen LogP contribution in [0, 0.1) is 13.8 Å². The Kier molecular flexibility index (Phi) is 8.08. The number of hydrogen-bond acceptors (Lipinski definition) is 4. The Morgan fingerprint density at radius 3 is 2.30 bits per heavy atom. The van der Waals surface area contributed by atoms with Gasteiger partial charge in [0.1, 0.15) is 0 Å². The third-order valence-corrected chi connectivity index (χ3v) is 5.88. The van der Waals surface area contributed by atoms with Gasteiger partial charge in [-0.25, -0.2) is 0 Å². The van der Waals surface area contributed by atoms with E-state index in [0.29, 0.717) is 6.42 Å². The maximum absolute atomic E-state index is 11.9. The average Bonchev–Trinajstić information content (AvgIpc) is 3.16. The zero-order chi connectivity index (χ0) is 21.3. The molecule has 0 radical (unpaired) electrons. The van der Waals surface area contributed by atoms with E-state index in [1.54, 1.807) is 11.8 Å². The molecule has 0 spiro atoms. The number of nitrogens with zero attached hydrogens (tertiary/aromatic N) is 3. The van der Waals surface area contributed by atoms with Crippen molar-refractivity contribution in [1.82, 2.24) is 20.1 Å². The second-order valence-corrected chi connectivity index (χ2v) is 8.56. The van der Waals surface area contributed by atoms with Crippen LogP contribution in [0.15, 0.2) is 53.7 Å². The van der Waals surface area contributed by atoms with Crippen LogP contribution in [0.5, 0.6) is 0 Å². The monoisotopic (exact) mass is 422 g/mol. The number of nitrogens with one attached hydrogen (secondary N) is 1. The van der Waals surface area contributed by atoms with Crippen molar-refractivity contribution in [3.63, 3.8) is 0 Å². The molecule has 0 aliphatic carbocycles. The second kappa shape index (κ2) is 11.0. The molecule has 1 amide bonds. The summed E-state index contributed by atoms with van der Waals surface area (Å²) in [6.45, 7) is 7.05. The number of carbonyl (C=O) groups excluding carboxylic acids is 1. The largest absolute Gasteiger partial charge is 0.356 e. The number of carbonyl (C=O) groups is 1. The van der Waals surface area contributed by atoms with Crippen LogP contribution in [0.1, 0.15) is 43.7 Å². The molecule has 0 saturated heterocycles. The highest BCUT2D eigenvalue weighted by Gasteiger charge is 2.16. The van der Waals surface area contributed by atoms with Gasteiger partial charge in [-0.1, -0.05) is 72.6 Å². The Labute approximate surface area is 183 Å². The molecular formula is C24H30N4OS. The van der Waals surface area contributed by atoms with Crippen LogP contribution in [0.3, 0.4) is 0 Å². The summed E-state index contributed by atoms with van der Waals surface area (Å²) in [4.78, 5) is 11.9. The van der Waals surface area contributed by atoms with Crippen LogP contribution in [0.25, 0.3) is 17.1 Å². The molecule has 1 aromatic heterocycles. The van der Waals surface area contributed by atoms with Gasteiger partial charge in [-0.15, -0.1) is 10.2 Å². The van der Waals surface area contributed by atoms with E-state index >= 15 is 0 Å². The number of rotatable bonds is 10. The van der Waals surface area contributed by atoms with Crippen molar-refractivity contribution in [2.24, 2.45) is 0 Å². The molecule has 0 fully saturated rings. The number of thioether (sulfide) groups is 1. The molecule has 3 rings (SSSR count). The number of amides is 1. The molecule has 30 heavy (non-hydrogen) atoms. The lowest BCUT2D eigenvalue weighted by atomic mass is 10.1. The molecule has 0 aliphatic heterocycles. The van der Waals surface area contributed by atoms with Crippen molar-refractivity contribution in [3.05, 3.63) is 59.7 Å². The van der Waals surface area contributed by atoms with E-state index < -0.39 is 0 Å². The van der Waals surface area contributed by atoms with Gasteiger partial charge in [0, 0.05) is 30.0 Å². The van der Waals surface area contributed by atoms with Gasteiger partial charge in [-0.3, -0.25) is 9.36 Å². The minimum Gasteiger partial charge on any atom is -0.356 e. The fraction of sp³-hybridized carbons (Fsp3) is 0.375. The Morgan fingerprint density at radius 1 is 0.967 bits per heavy atom. The molecule has 3 aromatic rings. The quantitative estimate of drug-likeness (QED) is 0.354. The molecule has 0 bridgehead atoms. The summed E-state index contributed by atoms with van der Waals surface area (Å²) in [6, 6.07) is 16.7. The van der Waals surface area contributed by atoms with Gasteiger partial charge in [0.15, 0.2) is 11.0 Å². The van der Waals surface area contributed by atoms with Crippen LogP contribution < -0.4 is 5.32 Å². The Hall–Kier alpha value is -2.60. The number of hydrogen-bond donors (Lipinski definition) is 1. The second-order valence-electron chi connectivity index (χ2n) is 7.50. The number of benzene rings is 2. The molecule has 0 unspecified atom stereocenters. The Morgan fingerprint density at radius 2 is 1.63 bits per heavy atom. The third-order valence-electron chi connectivity index (χ3n) is 4.87. The summed E-state index contributed by atoms with van der Waals surface area (Å²) in [5.41, 5.74) is 4.51. The highest BCUT2D eigenvalue weighted by Crippen LogP contribution is 2.28. The van der Waals surface area contributed by atoms with E-state index in [9.17, 15) is 4.79 Å². The summed E-state index contributed by atoms with van der Waals surface area (Å²) in [5.74, 6) is 1.78. The molecular weight excluding hydrogens is 392 g/mol. The summed E-state index contributed by atoms with van der Waals surface area (Å²) < 4.78 is 2.11. The van der Waals surface area contributed by atoms with Crippen LogP contribution in [0.2, 0.25) is 0 Å². The first kappa shape index (κ1) is 22.1. The van der Waals surface area contributed by atoms with Crippen molar-refractivity contribution in [2.45, 2.75) is 51.6 Å². The normalized spacial score (nSPS) is 10.9. The fourth-order valence-electron chi connectivity index (χ4n) is 3.07. The fourth-order valence-corrected chi connectivity index (χ4v) is 3.96. The highest BCUT2D eigenvalue weighted by molar-refractivity contribution is 7.99. The van der Waals surface area contributed by atoms with Gasteiger partial charge in [0.2, 0.25) is 5.91 Å².